The Labute approximate surface area is 157 Å². The minimum atomic E-state index is -0.359. The van der Waals surface area contributed by atoms with E-state index in [-0.39, 0.29) is 6.03 Å². The number of carbonyl (C=O) groups excluding carboxylic acids is 1. The number of nitrogens with zero attached hydrogens (tertiary/aromatic N) is 2. The maximum atomic E-state index is 12.4. The maximum Gasteiger partial charge on any atom is 0.319 e. The van der Waals surface area contributed by atoms with Crippen molar-refractivity contribution in [3.63, 3.8) is 0 Å². The first-order valence-electron chi connectivity index (χ1n) is 8.33. The Kier molecular flexibility index (Phi) is 5.84. The van der Waals surface area contributed by atoms with Crippen LogP contribution in [0.25, 0.3) is 11.3 Å². The normalized spacial score (nSPS) is 10.1. The number of para-hydroxylation sites is 1. The molecule has 0 unspecified atom stereocenters. The molecule has 0 aliphatic carbocycles. The summed E-state index contributed by atoms with van der Waals surface area (Å²) < 4.78 is 10.6. The highest BCUT2D eigenvalue weighted by atomic mass is 16.5. The number of carbonyl (C=O) groups is 1. The van der Waals surface area contributed by atoms with Crippen LogP contribution in [0.1, 0.15) is 5.56 Å². The van der Waals surface area contributed by atoms with Crippen molar-refractivity contribution in [1.82, 2.24) is 15.3 Å². The van der Waals surface area contributed by atoms with E-state index in [1.807, 2.05) is 24.3 Å². The van der Waals surface area contributed by atoms with Crippen molar-refractivity contribution in [3.05, 3.63) is 66.6 Å². The summed E-state index contributed by atoms with van der Waals surface area (Å²) in [6.45, 7) is 0.316. The fourth-order valence-corrected chi connectivity index (χ4v) is 2.67. The van der Waals surface area contributed by atoms with E-state index in [1.54, 1.807) is 43.9 Å². The number of pyridine rings is 2. The van der Waals surface area contributed by atoms with Gasteiger partial charge in [-0.05, 0) is 35.9 Å². The molecule has 3 rings (SSSR count). The zero-order valence-electron chi connectivity index (χ0n) is 15.1. The van der Waals surface area contributed by atoms with Crippen LogP contribution in [0.2, 0.25) is 0 Å². The van der Waals surface area contributed by atoms with Gasteiger partial charge in [-0.2, -0.15) is 0 Å². The van der Waals surface area contributed by atoms with Crippen molar-refractivity contribution in [2.45, 2.75) is 6.54 Å². The number of anilines is 1. The molecule has 27 heavy (non-hydrogen) atoms. The molecule has 2 aromatic heterocycles. The Morgan fingerprint density at radius 2 is 1.89 bits per heavy atom. The largest absolute Gasteiger partial charge is 0.493 e. The highest BCUT2D eigenvalue weighted by Crippen LogP contribution is 2.34. The fraction of sp³-hybridized carbons (Fsp3) is 0.150. The molecule has 3 aromatic rings. The molecule has 0 aliphatic heterocycles. The summed E-state index contributed by atoms with van der Waals surface area (Å²) in [5, 5.41) is 5.62. The molecule has 7 heteroatoms. The van der Waals surface area contributed by atoms with Gasteiger partial charge in [-0.3, -0.25) is 9.97 Å². The molecular weight excluding hydrogens is 344 g/mol. The van der Waals surface area contributed by atoms with Crippen LogP contribution in [0.4, 0.5) is 10.5 Å². The number of urea groups is 1. The Bertz CT molecular complexity index is 916. The van der Waals surface area contributed by atoms with Gasteiger partial charge < -0.3 is 20.1 Å². The van der Waals surface area contributed by atoms with Crippen LogP contribution < -0.4 is 20.1 Å². The molecule has 0 saturated carbocycles. The van der Waals surface area contributed by atoms with Crippen molar-refractivity contribution in [1.29, 1.82) is 0 Å². The van der Waals surface area contributed by atoms with E-state index in [0.29, 0.717) is 23.7 Å². The van der Waals surface area contributed by atoms with Crippen molar-refractivity contribution < 1.29 is 14.3 Å². The lowest BCUT2D eigenvalue weighted by Crippen LogP contribution is -2.28. The average Bonchev–Trinajstić information content (AvgIpc) is 2.73. The summed E-state index contributed by atoms with van der Waals surface area (Å²) in [5.41, 5.74) is 3.08. The van der Waals surface area contributed by atoms with Crippen LogP contribution in [0.15, 0.2) is 61.1 Å². The summed E-state index contributed by atoms with van der Waals surface area (Å²) in [6, 6.07) is 12.5. The number of amides is 2. The topological polar surface area (TPSA) is 85.4 Å². The zero-order valence-corrected chi connectivity index (χ0v) is 15.1. The second-order valence-corrected chi connectivity index (χ2v) is 5.60. The number of methoxy groups -OCH3 is 2. The van der Waals surface area contributed by atoms with E-state index in [2.05, 4.69) is 20.6 Å². The molecule has 2 heterocycles. The lowest BCUT2D eigenvalue weighted by molar-refractivity contribution is 0.251. The van der Waals surface area contributed by atoms with E-state index >= 15 is 0 Å². The lowest BCUT2D eigenvalue weighted by Gasteiger charge is -2.14. The van der Waals surface area contributed by atoms with Crippen LogP contribution in [-0.4, -0.2) is 30.2 Å². The van der Waals surface area contributed by atoms with E-state index in [9.17, 15) is 4.79 Å². The summed E-state index contributed by atoms with van der Waals surface area (Å²) in [5.74, 6) is 1.01. The van der Waals surface area contributed by atoms with Crippen molar-refractivity contribution in [2.75, 3.05) is 19.5 Å². The van der Waals surface area contributed by atoms with Gasteiger partial charge in [-0.25, -0.2) is 4.79 Å². The molecule has 1 aromatic carbocycles. The van der Waals surface area contributed by atoms with Gasteiger partial charge in [0.2, 0.25) is 0 Å². The van der Waals surface area contributed by atoms with E-state index < -0.39 is 0 Å². The lowest BCUT2D eigenvalue weighted by atomic mass is 10.1. The minimum Gasteiger partial charge on any atom is -0.493 e. The third-order valence-corrected chi connectivity index (χ3v) is 3.92. The smallest absolute Gasteiger partial charge is 0.319 e. The first-order chi connectivity index (χ1) is 13.2. The summed E-state index contributed by atoms with van der Waals surface area (Å²) in [4.78, 5) is 20.9. The molecule has 0 saturated heterocycles. The van der Waals surface area contributed by atoms with Crippen LogP contribution in [0.3, 0.4) is 0 Å². The van der Waals surface area contributed by atoms with Crippen molar-refractivity contribution in [2.24, 2.45) is 0 Å². The van der Waals surface area contributed by atoms with Crippen molar-refractivity contribution >= 4 is 11.7 Å². The number of hydrogen-bond donors (Lipinski definition) is 2. The van der Waals surface area contributed by atoms with Gasteiger partial charge in [-0.15, -0.1) is 0 Å². The predicted molar refractivity (Wildman–Crippen MR) is 103 cm³/mol. The Hall–Kier alpha value is -3.61. The Morgan fingerprint density at radius 1 is 1.04 bits per heavy atom. The van der Waals surface area contributed by atoms with Gasteiger partial charge in [-0.1, -0.05) is 12.1 Å². The maximum absolute atomic E-state index is 12.4. The third-order valence-electron chi connectivity index (χ3n) is 3.92. The average molecular weight is 364 g/mol. The molecule has 0 bridgehead atoms. The number of nitrogens with one attached hydrogen (secondary N) is 2. The zero-order chi connectivity index (χ0) is 19.1. The quantitative estimate of drug-likeness (QED) is 0.699. The van der Waals surface area contributed by atoms with Crippen molar-refractivity contribution in [3.8, 4) is 22.8 Å². The summed E-state index contributed by atoms with van der Waals surface area (Å²) in [6.07, 6.45) is 5.17. The summed E-state index contributed by atoms with van der Waals surface area (Å²) >= 11 is 0. The summed E-state index contributed by atoms with van der Waals surface area (Å²) in [7, 11) is 3.07. The van der Waals surface area contributed by atoms with E-state index in [4.69, 9.17) is 9.47 Å². The molecular formula is C20H20N4O3. The molecule has 0 atom stereocenters. The SMILES string of the molecule is COc1cccc(NC(=O)NCc2cccnc2-c2cccnc2)c1OC. The second-order valence-electron chi connectivity index (χ2n) is 5.60. The van der Waals surface area contributed by atoms with Crippen LogP contribution in [-0.2, 0) is 6.54 Å². The molecule has 7 nitrogen and oxygen atoms in total. The molecule has 0 aliphatic rings. The number of rotatable bonds is 6. The highest BCUT2D eigenvalue weighted by molar-refractivity contribution is 5.91. The third kappa shape index (κ3) is 4.33. The Balaban J connectivity index is 1.71. The number of benzene rings is 1. The van der Waals surface area contributed by atoms with Gasteiger partial charge in [0.05, 0.1) is 25.6 Å². The monoisotopic (exact) mass is 364 g/mol. The fourth-order valence-electron chi connectivity index (χ4n) is 2.67. The van der Waals surface area contributed by atoms with Gasteiger partial charge >= 0.3 is 6.03 Å². The Morgan fingerprint density at radius 3 is 2.63 bits per heavy atom. The van der Waals surface area contributed by atoms with Crippen LogP contribution in [0.5, 0.6) is 11.5 Å². The first kappa shape index (κ1) is 18.2. The number of hydrogen-bond acceptors (Lipinski definition) is 5. The van der Waals surface area contributed by atoms with Crippen LogP contribution >= 0.6 is 0 Å². The highest BCUT2D eigenvalue weighted by Gasteiger charge is 2.13. The number of aromatic nitrogens is 2. The molecule has 138 valence electrons. The van der Waals surface area contributed by atoms with E-state index in [0.717, 1.165) is 16.8 Å². The van der Waals surface area contributed by atoms with E-state index in [1.165, 1.54) is 7.11 Å². The van der Waals surface area contributed by atoms with Gasteiger partial charge in [0.1, 0.15) is 0 Å². The molecule has 0 radical (unpaired) electrons. The standard InChI is InChI=1S/C20H20N4O3/c1-26-17-9-3-8-16(19(17)27-2)24-20(25)23-13-15-7-5-11-22-18(15)14-6-4-10-21-12-14/h3-12H,13H2,1-2H3,(H2,23,24,25). The minimum absolute atomic E-state index is 0.316. The van der Waals surface area contributed by atoms with Gasteiger partial charge in [0.15, 0.2) is 11.5 Å². The van der Waals surface area contributed by atoms with Crippen LogP contribution in [0, 0.1) is 0 Å². The van der Waals surface area contributed by atoms with Gasteiger partial charge in [0, 0.05) is 30.7 Å². The second kappa shape index (κ2) is 8.66. The first-order valence-corrected chi connectivity index (χ1v) is 8.33. The molecule has 0 fully saturated rings. The molecule has 0 spiro atoms. The van der Waals surface area contributed by atoms with Gasteiger partial charge in [0.25, 0.3) is 0 Å². The molecule has 2 amide bonds. The number of ether oxygens (including phenoxy) is 2. The molecule has 2 N–H and O–H groups in total. The predicted octanol–water partition coefficient (Wildman–Crippen LogP) is 3.48.